The van der Waals surface area contributed by atoms with Crippen molar-refractivity contribution < 1.29 is 0 Å². The van der Waals surface area contributed by atoms with Crippen molar-refractivity contribution in [3.63, 3.8) is 0 Å². The van der Waals surface area contributed by atoms with Crippen LogP contribution in [0.25, 0.3) is 0 Å². The molecule has 4 nitrogen and oxygen atoms in total. The van der Waals surface area contributed by atoms with E-state index < -0.39 is 0 Å². The number of tetrazole rings is 1. The number of aromatic nitrogens is 4. The second-order valence-corrected chi connectivity index (χ2v) is 4.98. The van der Waals surface area contributed by atoms with Crippen molar-refractivity contribution in [2.24, 2.45) is 5.41 Å². The number of unbranched alkanes of at least 4 members (excludes halogenated alkanes) is 3. The standard InChI is InChI=1S/C11H22N4/c1-4-5-6-7-8-11(2,3)9-10-12-14-15-13-10/h4-9H2,1-3H3,(H,12,13,14,15). The lowest BCUT2D eigenvalue weighted by atomic mass is 9.83. The Bertz CT molecular complexity index is 254. The highest BCUT2D eigenvalue weighted by Crippen LogP contribution is 2.27. The lowest BCUT2D eigenvalue weighted by molar-refractivity contribution is 0.311. The summed E-state index contributed by atoms with van der Waals surface area (Å²) < 4.78 is 0. The quantitative estimate of drug-likeness (QED) is 0.704. The zero-order valence-electron chi connectivity index (χ0n) is 10.1. The Morgan fingerprint density at radius 1 is 1.20 bits per heavy atom. The predicted molar refractivity (Wildman–Crippen MR) is 60.4 cm³/mol. The van der Waals surface area contributed by atoms with Crippen LogP contribution in [0.1, 0.15) is 58.7 Å². The molecule has 0 atom stereocenters. The summed E-state index contributed by atoms with van der Waals surface area (Å²) in [5.41, 5.74) is 0.289. The fourth-order valence-corrected chi connectivity index (χ4v) is 1.80. The maximum absolute atomic E-state index is 4.00. The number of nitrogens with one attached hydrogen (secondary N) is 1. The molecule has 0 spiro atoms. The second-order valence-electron chi connectivity index (χ2n) is 4.98. The Hall–Kier alpha value is -0.930. The highest BCUT2D eigenvalue weighted by Gasteiger charge is 2.20. The van der Waals surface area contributed by atoms with Gasteiger partial charge < -0.3 is 0 Å². The molecule has 1 heterocycles. The molecular weight excluding hydrogens is 188 g/mol. The molecule has 0 fully saturated rings. The largest absolute Gasteiger partial charge is 0.177 e. The molecule has 0 aliphatic carbocycles. The molecule has 1 aromatic rings. The van der Waals surface area contributed by atoms with Crippen molar-refractivity contribution in [1.82, 2.24) is 20.6 Å². The summed E-state index contributed by atoms with van der Waals surface area (Å²) in [7, 11) is 0. The molecule has 4 heteroatoms. The lowest BCUT2D eigenvalue weighted by Crippen LogP contribution is -2.16. The van der Waals surface area contributed by atoms with E-state index >= 15 is 0 Å². The normalized spacial score (nSPS) is 11.9. The van der Waals surface area contributed by atoms with Crippen LogP contribution in [0.5, 0.6) is 0 Å². The zero-order valence-corrected chi connectivity index (χ0v) is 10.1. The van der Waals surface area contributed by atoms with Gasteiger partial charge in [-0.05, 0) is 11.8 Å². The molecule has 86 valence electrons. The number of hydrogen-bond acceptors (Lipinski definition) is 3. The van der Waals surface area contributed by atoms with Crippen molar-refractivity contribution >= 4 is 0 Å². The van der Waals surface area contributed by atoms with Gasteiger partial charge in [-0.15, -0.1) is 10.2 Å². The Morgan fingerprint density at radius 3 is 2.60 bits per heavy atom. The fourth-order valence-electron chi connectivity index (χ4n) is 1.80. The molecule has 1 N–H and O–H groups in total. The summed E-state index contributed by atoms with van der Waals surface area (Å²) in [6.07, 6.45) is 7.44. The van der Waals surface area contributed by atoms with Crippen LogP contribution in [-0.2, 0) is 6.42 Å². The summed E-state index contributed by atoms with van der Waals surface area (Å²) in [6, 6.07) is 0. The molecule has 0 aromatic carbocycles. The molecule has 1 rings (SSSR count). The molecule has 0 aliphatic rings. The van der Waals surface area contributed by atoms with E-state index in [9.17, 15) is 0 Å². The van der Waals surface area contributed by atoms with Crippen LogP contribution in [0.4, 0.5) is 0 Å². The monoisotopic (exact) mass is 210 g/mol. The van der Waals surface area contributed by atoms with E-state index in [-0.39, 0.29) is 5.41 Å². The summed E-state index contributed by atoms with van der Waals surface area (Å²) in [5.74, 6) is 0.829. The van der Waals surface area contributed by atoms with Gasteiger partial charge in [-0.1, -0.05) is 51.7 Å². The van der Waals surface area contributed by atoms with E-state index in [1.807, 2.05) is 0 Å². The third-order valence-corrected chi connectivity index (χ3v) is 2.73. The van der Waals surface area contributed by atoms with Crippen LogP contribution in [0, 0.1) is 5.41 Å². The first-order valence-electron chi connectivity index (χ1n) is 5.86. The SMILES string of the molecule is CCCCCCC(C)(C)Cc1nn[nH]n1. The topological polar surface area (TPSA) is 54.5 Å². The van der Waals surface area contributed by atoms with Crippen molar-refractivity contribution in [1.29, 1.82) is 0 Å². The molecule has 0 aliphatic heterocycles. The molecule has 0 saturated heterocycles. The Kier molecular flexibility index (Phi) is 4.72. The lowest BCUT2D eigenvalue weighted by Gasteiger charge is -2.22. The van der Waals surface area contributed by atoms with Crippen LogP contribution in [-0.4, -0.2) is 20.6 Å². The van der Waals surface area contributed by atoms with E-state index in [0.717, 1.165) is 12.2 Å². The minimum absolute atomic E-state index is 0.289. The number of nitrogens with zero attached hydrogens (tertiary/aromatic N) is 3. The summed E-state index contributed by atoms with van der Waals surface area (Å²) >= 11 is 0. The highest BCUT2D eigenvalue weighted by molar-refractivity contribution is 4.85. The number of aromatic amines is 1. The van der Waals surface area contributed by atoms with E-state index in [0.29, 0.717) is 0 Å². The number of rotatable bonds is 7. The molecular formula is C11H22N4. The van der Waals surface area contributed by atoms with Gasteiger partial charge in [0.2, 0.25) is 0 Å². The highest BCUT2D eigenvalue weighted by atomic mass is 15.5. The van der Waals surface area contributed by atoms with Crippen LogP contribution in [0.2, 0.25) is 0 Å². The van der Waals surface area contributed by atoms with Gasteiger partial charge in [-0.2, -0.15) is 5.21 Å². The second kappa shape index (κ2) is 5.83. The van der Waals surface area contributed by atoms with Crippen LogP contribution >= 0.6 is 0 Å². The van der Waals surface area contributed by atoms with Crippen LogP contribution < -0.4 is 0 Å². The van der Waals surface area contributed by atoms with Gasteiger partial charge in [0.25, 0.3) is 0 Å². The first kappa shape index (κ1) is 12.1. The molecule has 0 radical (unpaired) electrons. The maximum atomic E-state index is 4.00. The Labute approximate surface area is 91.9 Å². The van der Waals surface area contributed by atoms with Crippen molar-refractivity contribution in [3.8, 4) is 0 Å². The van der Waals surface area contributed by atoms with Gasteiger partial charge in [-0.3, -0.25) is 0 Å². The van der Waals surface area contributed by atoms with Crippen molar-refractivity contribution in [2.75, 3.05) is 0 Å². The average Bonchev–Trinajstić information content (AvgIpc) is 2.64. The third kappa shape index (κ3) is 4.91. The van der Waals surface area contributed by atoms with Gasteiger partial charge in [0.15, 0.2) is 5.82 Å². The maximum Gasteiger partial charge on any atom is 0.175 e. The number of hydrogen-bond donors (Lipinski definition) is 1. The van der Waals surface area contributed by atoms with E-state index in [1.165, 1.54) is 32.1 Å². The van der Waals surface area contributed by atoms with Crippen molar-refractivity contribution in [3.05, 3.63) is 5.82 Å². The van der Waals surface area contributed by atoms with Gasteiger partial charge in [0.05, 0.1) is 0 Å². The third-order valence-electron chi connectivity index (χ3n) is 2.73. The van der Waals surface area contributed by atoms with E-state index in [4.69, 9.17) is 0 Å². The zero-order chi connectivity index (χ0) is 11.1. The first-order valence-corrected chi connectivity index (χ1v) is 5.86. The molecule has 1 aromatic heterocycles. The molecule has 15 heavy (non-hydrogen) atoms. The van der Waals surface area contributed by atoms with Gasteiger partial charge in [0, 0.05) is 6.42 Å². The molecule has 0 unspecified atom stereocenters. The van der Waals surface area contributed by atoms with Gasteiger partial charge in [-0.25, -0.2) is 0 Å². The first-order chi connectivity index (χ1) is 7.14. The predicted octanol–water partition coefficient (Wildman–Crippen LogP) is 2.74. The Morgan fingerprint density at radius 2 is 2.00 bits per heavy atom. The minimum atomic E-state index is 0.289. The van der Waals surface area contributed by atoms with E-state index in [1.54, 1.807) is 0 Å². The summed E-state index contributed by atoms with van der Waals surface area (Å²) in [6.45, 7) is 6.79. The fraction of sp³-hybridized carbons (Fsp3) is 0.909. The molecule has 0 amide bonds. The average molecular weight is 210 g/mol. The van der Waals surface area contributed by atoms with Gasteiger partial charge >= 0.3 is 0 Å². The minimum Gasteiger partial charge on any atom is -0.177 e. The molecule has 0 bridgehead atoms. The molecule has 0 saturated carbocycles. The summed E-state index contributed by atoms with van der Waals surface area (Å²) in [4.78, 5) is 0. The Balaban J connectivity index is 2.25. The summed E-state index contributed by atoms with van der Waals surface area (Å²) in [5, 5.41) is 14.1. The van der Waals surface area contributed by atoms with Gasteiger partial charge in [0.1, 0.15) is 0 Å². The van der Waals surface area contributed by atoms with Crippen molar-refractivity contribution in [2.45, 2.75) is 59.3 Å². The smallest absolute Gasteiger partial charge is 0.175 e. The van der Waals surface area contributed by atoms with Crippen LogP contribution in [0.15, 0.2) is 0 Å². The number of H-pyrrole nitrogens is 1. The van der Waals surface area contributed by atoms with E-state index in [2.05, 4.69) is 41.4 Å². The van der Waals surface area contributed by atoms with Crippen LogP contribution in [0.3, 0.4) is 0 Å².